The van der Waals surface area contributed by atoms with Crippen molar-refractivity contribution in [1.29, 1.82) is 0 Å². The third-order valence-electron chi connectivity index (χ3n) is 4.43. The van der Waals surface area contributed by atoms with Crippen LogP contribution in [-0.2, 0) is 6.42 Å². The van der Waals surface area contributed by atoms with Gasteiger partial charge >= 0.3 is 0 Å². The van der Waals surface area contributed by atoms with E-state index in [0.29, 0.717) is 19.0 Å². The molecule has 24 heavy (non-hydrogen) atoms. The van der Waals surface area contributed by atoms with Gasteiger partial charge in [-0.2, -0.15) is 4.52 Å². The number of hydrogen-bond acceptors (Lipinski definition) is 4. The quantitative estimate of drug-likeness (QED) is 0.783. The number of hydrogen-bond donors (Lipinski definition) is 1. The summed E-state index contributed by atoms with van der Waals surface area (Å²) in [6.45, 7) is 1.38. The van der Waals surface area contributed by atoms with Crippen LogP contribution < -0.4 is 5.56 Å². The molecule has 7 nitrogen and oxygen atoms in total. The van der Waals surface area contributed by atoms with Crippen LogP contribution in [0.2, 0.25) is 0 Å². The predicted molar refractivity (Wildman–Crippen MR) is 87.8 cm³/mol. The second-order valence-electron chi connectivity index (χ2n) is 6.10. The molecule has 122 valence electrons. The minimum atomic E-state index is -0.333. The second kappa shape index (κ2) is 5.92. The average Bonchev–Trinajstić information content (AvgIpc) is 3.24. The molecule has 3 aromatic rings. The number of amides is 1. The maximum absolute atomic E-state index is 12.6. The van der Waals surface area contributed by atoms with Crippen LogP contribution in [0.4, 0.5) is 0 Å². The van der Waals surface area contributed by atoms with Gasteiger partial charge in [0.2, 0.25) is 0 Å². The molecule has 0 bridgehead atoms. The number of carbonyl (C=O) groups excluding carboxylic acids is 1. The molecule has 3 heterocycles. The first-order chi connectivity index (χ1) is 11.7. The highest BCUT2D eigenvalue weighted by molar-refractivity contribution is 5.92. The van der Waals surface area contributed by atoms with E-state index < -0.39 is 0 Å². The topological polar surface area (TPSA) is 83.4 Å². The Bertz CT molecular complexity index is 931. The van der Waals surface area contributed by atoms with Crippen molar-refractivity contribution in [3.05, 3.63) is 64.3 Å². The first kappa shape index (κ1) is 14.6. The minimum Gasteiger partial charge on any atom is -0.337 e. The summed E-state index contributed by atoms with van der Waals surface area (Å²) in [6.07, 6.45) is 3.30. The average molecular weight is 323 g/mol. The Morgan fingerprint density at radius 2 is 2.12 bits per heavy atom. The van der Waals surface area contributed by atoms with Crippen LogP contribution in [0, 0.1) is 5.92 Å². The van der Waals surface area contributed by atoms with Gasteiger partial charge in [-0.05, 0) is 24.3 Å². The van der Waals surface area contributed by atoms with Crippen molar-refractivity contribution in [2.75, 3.05) is 13.1 Å². The zero-order valence-electron chi connectivity index (χ0n) is 13.1. The smallest absolute Gasteiger partial charge is 0.274 e. The summed E-state index contributed by atoms with van der Waals surface area (Å²) in [7, 11) is 0. The van der Waals surface area contributed by atoms with E-state index in [1.165, 1.54) is 22.5 Å². The lowest BCUT2D eigenvalue weighted by Gasteiger charge is -2.16. The third-order valence-corrected chi connectivity index (χ3v) is 4.43. The molecule has 0 radical (unpaired) electrons. The molecule has 7 heteroatoms. The van der Waals surface area contributed by atoms with E-state index in [1.807, 2.05) is 18.2 Å². The standard InChI is InChI=1S/C17H17N5O2/c23-15-9-14(20-17-18-11-19-22(15)17)16(24)21-7-6-13(10-21)8-12-4-2-1-3-5-12/h1-5,9,11,13H,6-8,10H2,(H,18,19,20). The molecule has 1 unspecified atom stereocenters. The van der Waals surface area contributed by atoms with Gasteiger partial charge in [-0.3, -0.25) is 14.7 Å². The fourth-order valence-electron chi connectivity index (χ4n) is 3.23. The van der Waals surface area contributed by atoms with Gasteiger partial charge in [0.05, 0.1) is 0 Å². The van der Waals surface area contributed by atoms with Gasteiger partial charge in [-0.25, -0.2) is 9.97 Å². The van der Waals surface area contributed by atoms with E-state index in [1.54, 1.807) is 4.90 Å². The molecular weight excluding hydrogens is 306 g/mol. The number of benzene rings is 1. The monoisotopic (exact) mass is 323 g/mol. The zero-order chi connectivity index (χ0) is 16.5. The van der Waals surface area contributed by atoms with Crippen LogP contribution in [0.25, 0.3) is 5.78 Å². The summed E-state index contributed by atoms with van der Waals surface area (Å²) in [5.41, 5.74) is 1.11. The van der Waals surface area contributed by atoms with Crippen molar-refractivity contribution in [1.82, 2.24) is 24.5 Å². The maximum Gasteiger partial charge on any atom is 0.274 e. The summed E-state index contributed by atoms with van der Waals surface area (Å²) < 4.78 is 1.21. The van der Waals surface area contributed by atoms with E-state index >= 15 is 0 Å². The second-order valence-corrected chi connectivity index (χ2v) is 6.10. The van der Waals surface area contributed by atoms with E-state index in [9.17, 15) is 9.59 Å². The van der Waals surface area contributed by atoms with Gasteiger partial charge < -0.3 is 4.90 Å². The molecule has 1 fully saturated rings. The van der Waals surface area contributed by atoms with Crippen molar-refractivity contribution in [3.8, 4) is 0 Å². The molecule has 1 atom stereocenters. The van der Waals surface area contributed by atoms with Crippen molar-refractivity contribution in [3.63, 3.8) is 0 Å². The SMILES string of the molecule is O=C(c1cc(=O)n2[nH]cnc2n1)N1CCC(Cc2ccccc2)C1. The number of H-pyrrole nitrogens is 1. The largest absolute Gasteiger partial charge is 0.337 e. The molecule has 0 spiro atoms. The molecule has 1 aromatic carbocycles. The molecule has 1 aliphatic heterocycles. The highest BCUT2D eigenvalue weighted by atomic mass is 16.2. The molecular formula is C17H17N5O2. The number of aromatic amines is 1. The van der Waals surface area contributed by atoms with Crippen LogP contribution in [0.15, 0.2) is 47.5 Å². The Labute approximate surface area is 138 Å². The summed E-state index contributed by atoms with van der Waals surface area (Å²) in [5.74, 6) is 0.450. The fourth-order valence-corrected chi connectivity index (χ4v) is 3.23. The van der Waals surface area contributed by atoms with Crippen LogP contribution in [-0.4, -0.2) is 43.5 Å². The maximum atomic E-state index is 12.6. The molecule has 0 saturated carbocycles. The number of rotatable bonds is 3. The van der Waals surface area contributed by atoms with Crippen LogP contribution in [0.3, 0.4) is 0 Å². The summed E-state index contributed by atoms with van der Waals surface area (Å²) in [5, 5.41) is 2.66. The normalized spacial score (nSPS) is 17.5. The summed E-state index contributed by atoms with van der Waals surface area (Å²) in [4.78, 5) is 34.5. The fraction of sp³-hybridized carbons (Fsp3) is 0.294. The number of nitrogens with one attached hydrogen (secondary N) is 1. The Morgan fingerprint density at radius 3 is 2.96 bits per heavy atom. The van der Waals surface area contributed by atoms with Crippen LogP contribution in [0.5, 0.6) is 0 Å². The molecule has 1 saturated heterocycles. The van der Waals surface area contributed by atoms with Crippen LogP contribution >= 0.6 is 0 Å². The molecule has 4 rings (SSSR count). The molecule has 1 aliphatic rings. The van der Waals surface area contributed by atoms with Crippen molar-refractivity contribution >= 4 is 11.7 Å². The van der Waals surface area contributed by atoms with Gasteiger partial charge in [0.15, 0.2) is 0 Å². The van der Waals surface area contributed by atoms with Gasteiger partial charge in [0.25, 0.3) is 17.2 Å². The van der Waals surface area contributed by atoms with E-state index in [4.69, 9.17) is 0 Å². The Kier molecular flexibility index (Phi) is 3.60. The first-order valence-corrected chi connectivity index (χ1v) is 7.97. The van der Waals surface area contributed by atoms with Crippen molar-refractivity contribution in [2.45, 2.75) is 12.8 Å². The van der Waals surface area contributed by atoms with Gasteiger partial charge in [-0.15, -0.1) is 0 Å². The Balaban J connectivity index is 1.49. The van der Waals surface area contributed by atoms with E-state index in [-0.39, 0.29) is 22.9 Å². The molecule has 2 aromatic heterocycles. The third kappa shape index (κ3) is 2.68. The predicted octanol–water partition coefficient (Wildman–Crippen LogP) is 1.12. The zero-order valence-corrected chi connectivity index (χ0v) is 13.1. The molecule has 1 N–H and O–H groups in total. The van der Waals surface area contributed by atoms with Gasteiger partial charge in [0, 0.05) is 19.2 Å². The summed E-state index contributed by atoms with van der Waals surface area (Å²) in [6, 6.07) is 11.5. The lowest BCUT2D eigenvalue weighted by Crippen LogP contribution is -2.31. The lowest BCUT2D eigenvalue weighted by molar-refractivity contribution is 0.0781. The number of nitrogens with zero attached hydrogens (tertiary/aromatic N) is 4. The lowest BCUT2D eigenvalue weighted by atomic mass is 9.99. The highest BCUT2D eigenvalue weighted by Gasteiger charge is 2.28. The van der Waals surface area contributed by atoms with E-state index in [0.717, 1.165) is 12.8 Å². The number of likely N-dealkylation sites (tertiary alicyclic amines) is 1. The van der Waals surface area contributed by atoms with Crippen LogP contribution in [0.1, 0.15) is 22.5 Å². The molecule has 0 aliphatic carbocycles. The Hall–Kier alpha value is -2.96. The summed E-state index contributed by atoms with van der Waals surface area (Å²) >= 11 is 0. The van der Waals surface area contributed by atoms with Gasteiger partial charge in [-0.1, -0.05) is 30.3 Å². The van der Waals surface area contributed by atoms with E-state index in [2.05, 4.69) is 27.2 Å². The van der Waals surface area contributed by atoms with Gasteiger partial charge in [0.1, 0.15) is 12.0 Å². The molecule has 1 amide bonds. The highest BCUT2D eigenvalue weighted by Crippen LogP contribution is 2.22. The number of aromatic nitrogens is 4. The number of fused-ring (bicyclic) bond motifs is 1. The minimum absolute atomic E-state index is 0.160. The van der Waals surface area contributed by atoms with Crippen molar-refractivity contribution in [2.24, 2.45) is 5.92 Å². The van der Waals surface area contributed by atoms with Crippen molar-refractivity contribution < 1.29 is 4.79 Å². The Morgan fingerprint density at radius 1 is 1.29 bits per heavy atom. The number of carbonyl (C=O) groups is 1. The first-order valence-electron chi connectivity index (χ1n) is 7.97.